The third kappa shape index (κ3) is 24.2. The number of aliphatic hydroxyl groups excluding tert-OH is 3. The van der Waals surface area contributed by atoms with E-state index < -0.39 is 76.0 Å². The smallest absolute Gasteiger partial charge is 0.416 e. The lowest BCUT2D eigenvalue weighted by Crippen LogP contribution is -2.62. The third-order valence-corrected chi connectivity index (χ3v) is 14.0. The molecule has 0 bridgehead atoms. The van der Waals surface area contributed by atoms with Gasteiger partial charge in [0, 0.05) is 50.9 Å². The summed E-state index contributed by atoms with van der Waals surface area (Å²) >= 11 is 0. The first-order valence-electron chi connectivity index (χ1n) is 29.0. The van der Waals surface area contributed by atoms with E-state index in [1.165, 1.54) is 18.1 Å². The van der Waals surface area contributed by atoms with E-state index in [1.54, 1.807) is 39.8 Å². The molecule has 0 saturated carbocycles. The zero-order chi connectivity index (χ0) is 67.3. The highest BCUT2D eigenvalue weighted by molar-refractivity contribution is 5.87. The number of alkyl halides is 3. The first-order chi connectivity index (χ1) is 40.1. The van der Waals surface area contributed by atoms with Crippen LogP contribution in [-0.4, -0.2) is 184 Å². The van der Waals surface area contributed by atoms with Gasteiger partial charge < -0.3 is 59.2 Å². The fourth-order valence-electron chi connectivity index (χ4n) is 9.93. The molecule has 3 aromatic rings. The Morgan fingerprint density at radius 1 is 0.636 bits per heavy atom. The van der Waals surface area contributed by atoms with Crippen LogP contribution in [0.2, 0.25) is 0 Å². The number of hydroxylamine groups is 4. The summed E-state index contributed by atoms with van der Waals surface area (Å²) in [6.07, 6.45) is -4.79. The van der Waals surface area contributed by atoms with Gasteiger partial charge in [-0.15, -0.1) is 15.0 Å². The van der Waals surface area contributed by atoms with Crippen molar-refractivity contribution in [2.24, 2.45) is 0 Å². The number of aliphatic hydroxyl groups is 4. The largest absolute Gasteiger partial charge is 0.505 e. The van der Waals surface area contributed by atoms with Gasteiger partial charge in [0.2, 0.25) is 0 Å². The summed E-state index contributed by atoms with van der Waals surface area (Å²) in [5.41, 5.74) is -1.46. The Kier molecular flexibility index (Phi) is 27.1. The highest BCUT2D eigenvalue weighted by Gasteiger charge is 2.48. The van der Waals surface area contributed by atoms with Crippen molar-refractivity contribution in [1.29, 1.82) is 0 Å². The summed E-state index contributed by atoms with van der Waals surface area (Å²) in [6.45, 7) is 39.5. The average Bonchev–Trinajstić information content (AvgIpc) is 3.64. The molecule has 2 aromatic carbocycles. The topological polar surface area (TPSA) is 291 Å². The minimum absolute atomic E-state index is 0.00278. The molecule has 0 radical (unpaired) electrons. The second-order valence-electron chi connectivity index (χ2n) is 26.9. The molecule has 3 atom stereocenters. The van der Waals surface area contributed by atoms with Crippen molar-refractivity contribution in [3.63, 3.8) is 0 Å². The molecule has 3 unspecified atom stereocenters. The molecular formula is C63H96F3N5O17. The third-order valence-electron chi connectivity index (χ3n) is 14.0. The SMILES string of the molecule is C=C(C)C(=O)OCC(O)COC(=O)CCc1cc(-n2nc3ccc(C(F)(F)F)cc3n2)c(O)c(C(C)(C)C)c1.C=C(C)C(=O)OCC(O)COC1CC(C)(C)N(O)C(C)(C)C1.C=C(C)C(=O)OCC(O)COC1CC(C)(C)N(OCC(C)(C)O)C(C)(C)C1. The first kappa shape index (κ1) is 76.4. The lowest BCUT2D eigenvalue weighted by atomic mass is 9.80. The number of piperidine rings is 2. The highest BCUT2D eigenvalue weighted by Crippen LogP contribution is 2.42. The molecule has 0 aliphatic carbocycles. The molecule has 0 spiro atoms. The van der Waals surface area contributed by atoms with E-state index in [-0.39, 0.29) is 110 Å². The molecule has 2 aliphatic heterocycles. The number of ether oxygens (including phenoxy) is 6. The Labute approximate surface area is 515 Å². The fourth-order valence-corrected chi connectivity index (χ4v) is 9.93. The number of carbonyl (C=O) groups excluding carboxylic acids is 4. The van der Waals surface area contributed by atoms with Gasteiger partial charge in [-0.25, -0.2) is 14.4 Å². The van der Waals surface area contributed by atoms with Gasteiger partial charge in [-0.1, -0.05) is 46.6 Å². The van der Waals surface area contributed by atoms with E-state index in [2.05, 4.69) is 57.6 Å². The number of fused-ring (bicyclic) bond motifs is 1. The molecule has 0 amide bonds. The van der Waals surface area contributed by atoms with Crippen LogP contribution in [0.5, 0.6) is 5.75 Å². The number of esters is 4. The van der Waals surface area contributed by atoms with Gasteiger partial charge in [0.05, 0.1) is 43.2 Å². The van der Waals surface area contributed by atoms with Crippen LogP contribution in [0.4, 0.5) is 13.2 Å². The van der Waals surface area contributed by atoms with E-state index in [0.717, 1.165) is 16.9 Å². The number of phenols is 1. The summed E-state index contributed by atoms with van der Waals surface area (Å²) in [6, 6.07) is 6.27. The normalized spacial score (nSPS) is 18.1. The van der Waals surface area contributed by atoms with Crippen molar-refractivity contribution in [3.8, 4) is 11.4 Å². The minimum atomic E-state index is -4.54. The number of aromatic nitrogens is 3. The predicted molar refractivity (Wildman–Crippen MR) is 321 cm³/mol. The second-order valence-corrected chi connectivity index (χ2v) is 26.9. The number of halogens is 3. The maximum atomic E-state index is 13.1. The fraction of sp³-hybridized carbons (Fsp3) is 0.651. The number of aryl methyl sites for hydroxylation is 1. The molecule has 496 valence electrons. The molecule has 2 saturated heterocycles. The van der Waals surface area contributed by atoms with Gasteiger partial charge in [0.25, 0.3) is 0 Å². The van der Waals surface area contributed by atoms with Gasteiger partial charge in [-0.3, -0.25) is 9.63 Å². The van der Waals surface area contributed by atoms with Crippen molar-refractivity contribution < 1.29 is 96.3 Å². The molecule has 2 fully saturated rings. The van der Waals surface area contributed by atoms with Crippen molar-refractivity contribution in [3.05, 3.63) is 83.5 Å². The number of hydrogen-bond acceptors (Lipinski definition) is 21. The molecule has 88 heavy (non-hydrogen) atoms. The van der Waals surface area contributed by atoms with E-state index in [4.69, 9.17) is 33.3 Å². The van der Waals surface area contributed by atoms with E-state index in [1.807, 2.05) is 53.5 Å². The molecule has 6 N–H and O–H groups in total. The van der Waals surface area contributed by atoms with Crippen LogP contribution in [0, 0.1) is 0 Å². The Hall–Kier alpha value is -5.87. The Morgan fingerprint density at radius 2 is 1.05 bits per heavy atom. The van der Waals surface area contributed by atoms with Crippen LogP contribution in [0.25, 0.3) is 16.7 Å². The van der Waals surface area contributed by atoms with Crippen LogP contribution in [0.15, 0.2) is 66.8 Å². The van der Waals surface area contributed by atoms with Crippen LogP contribution in [0.3, 0.4) is 0 Å². The molecule has 5 rings (SSSR count). The number of benzene rings is 2. The zero-order valence-electron chi connectivity index (χ0n) is 54.1. The number of nitrogens with zero attached hydrogens (tertiary/aromatic N) is 5. The number of hydrogen-bond donors (Lipinski definition) is 6. The van der Waals surface area contributed by atoms with E-state index in [0.29, 0.717) is 48.0 Å². The number of carbonyl (C=O) groups is 4. The van der Waals surface area contributed by atoms with Crippen LogP contribution >= 0.6 is 0 Å². The van der Waals surface area contributed by atoms with Gasteiger partial charge in [-0.2, -0.15) is 23.3 Å². The quantitative estimate of drug-likeness (QED) is 0.0278. The van der Waals surface area contributed by atoms with Gasteiger partial charge in [0.1, 0.15) is 67.2 Å². The summed E-state index contributed by atoms with van der Waals surface area (Å²) < 4.78 is 70.7. The maximum Gasteiger partial charge on any atom is 0.416 e. The lowest BCUT2D eigenvalue weighted by molar-refractivity contribution is -0.309. The van der Waals surface area contributed by atoms with Gasteiger partial charge >= 0.3 is 30.1 Å². The molecule has 22 nitrogen and oxygen atoms in total. The van der Waals surface area contributed by atoms with Crippen LogP contribution in [0.1, 0.15) is 160 Å². The number of aromatic hydroxyl groups is 1. The van der Waals surface area contributed by atoms with Crippen molar-refractivity contribution in [2.75, 3.05) is 46.2 Å². The molecule has 25 heteroatoms. The molecule has 1 aromatic heterocycles. The molecule has 3 heterocycles. The summed E-state index contributed by atoms with van der Waals surface area (Å²) in [5, 5.41) is 72.6. The summed E-state index contributed by atoms with van der Waals surface area (Å²) in [4.78, 5) is 53.3. The van der Waals surface area contributed by atoms with Gasteiger partial charge in [-0.05, 0) is 157 Å². The highest BCUT2D eigenvalue weighted by atomic mass is 19.4. The van der Waals surface area contributed by atoms with Crippen LogP contribution < -0.4 is 0 Å². The monoisotopic (exact) mass is 1250 g/mol. The number of rotatable bonds is 24. The first-order valence-corrected chi connectivity index (χ1v) is 29.0. The Bertz CT molecular complexity index is 2850. The summed E-state index contributed by atoms with van der Waals surface area (Å²) in [5.74, 6) is -2.46. The van der Waals surface area contributed by atoms with Crippen molar-refractivity contribution in [1.82, 2.24) is 25.1 Å². The summed E-state index contributed by atoms with van der Waals surface area (Å²) in [7, 11) is 0. The lowest BCUT2D eigenvalue weighted by Gasteiger charge is -2.54. The van der Waals surface area contributed by atoms with Crippen LogP contribution in [-0.2, 0) is 70.4 Å². The molecular weight excluding hydrogens is 1160 g/mol. The number of phenolic OH excluding ortho intramolecular Hbond substituents is 1. The van der Waals surface area contributed by atoms with Crippen molar-refractivity contribution in [2.45, 2.75) is 219 Å². The maximum absolute atomic E-state index is 13.1. The Balaban J connectivity index is 0.000000363. The molecule has 2 aliphatic rings. The minimum Gasteiger partial charge on any atom is -0.505 e. The zero-order valence-corrected chi connectivity index (χ0v) is 54.1. The van der Waals surface area contributed by atoms with E-state index >= 15 is 0 Å². The average molecular weight is 1250 g/mol. The van der Waals surface area contributed by atoms with Gasteiger partial charge in [0.15, 0.2) is 0 Å². The predicted octanol–water partition coefficient (Wildman–Crippen LogP) is 8.50. The second kappa shape index (κ2) is 31.2. The Morgan fingerprint density at radius 3 is 1.45 bits per heavy atom. The van der Waals surface area contributed by atoms with Crippen molar-refractivity contribution >= 4 is 34.9 Å². The van der Waals surface area contributed by atoms with E-state index in [9.17, 15) is 63.1 Å². The standard InChI is InChI=1S/C27H30F3N3O6.C20H37NO6.C16H29NO5/c1-15(2)25(37)39-14-18(34)13-38-23(35)9-6-16-10-19(26(3,4)5)24(36)22(11-16)33-31-20-8-7-17(27(28,29)30)12-21(20)32-33;1-14(2)17(23)26-12-15(22)11-25-16-9-18(3,4)21(19(5,6)10-16)27-13-20(7,8)24;1-11(2)14(19)22-10-12(18)9-21-13-7-15(3,4)17(20)16(5,6)8-13/h7-8,10-12,18,34,36H,1,6,9,13-14H2,2-5H3;15-16,22,24H,1,9-13H2,2-8H3;12-13,18,20H,1,7-10H2,2-6H3.